The van der Waals surface area contributed by atoms with Gasteiger partial charge in [0, 0.05) is 46.4 Å². The molecule has 0 radical (unpaired) electrons. The van der Waals surface area contributed by atoms with Crippen LogP contribution in [0, 0.1) is 5.92 Å². The van der Waals surface area contributed by atoms with E-state index in [1.54, 1.807) is 0 Å². The minimum atomic E-state index is 0.524. The second kappa shape index (κ2) is 10.8. The Morgan fingerprint density at radius 3 is 2.45 bits per heavy atom. The van der Waals surface area contributed by atoms with E-state index in [4.69, 9.17) is 4.74 Å². The maximum atomic E-state index is 5.43. The standard InChI is InChI=1S/C17H36N4O/c1-6-21(7-2)15(3)14-19-17(18-4)20(5)11-8-16-9-12-22-13-10-16/h15-16H,6-14H2,1-5H3,(H,18,19). The Labute approximate surface area is 137 Å². The topological polar surface area (TPSA) is 40.1 Å². The van der Waals surface area contributed by atoms with Crippen molar-refractivity contribution in [3.05, 3.63) is 0 Å². The molecule has 1 heterocycles. The molecule has 0 aromatic carbocycles. The van der Waals surface area contributed by atoms with Crippen LogP contribution in [0.3, 0.4) is 0 Å². The smallest absolute Gasteiger partial charge is 0.193 e. The van der Waals surface area contributed by atoms with Gasteiger partial charge >= 0.3 is 0 Å². The molecule has 130 valence electrons. The van der Waals surface area contributed by atoms with E-state index in [0.717, 1.165) is 51.3 Å². The number of rotatable bonds is 8. The van der Waals surface area contributed by atoms with Crippen molar-refractivity contribution >= 4 is 5.96 Å². The van der Waals surface area contributed by atoms with Gasteiger partial charge in [0.25, 0.3) is 0 Å². The monoisotopic (exact) mass is 312 g/mol. The number of likely N-dealkylation sites (N-methyl/N-ethyl adjacent to an activating group) is 1. The van der Waals surface area contributed by atoms with E-state index in [9.17, 15) is 0 Å². The van der Waals surface area contributed by atoms with Crippen LogP contribution in [-0.4, -0.2) is 75.3 Å². The zero-order valence-electron chi connectivity index (χ0n) is 15.3. The first-order valence-electron chi connectivity index (χ1n) is 8.85. The minimum Gasteiger partial charge on any atom is -0.381 e. The van der Waals surface area contributed by atoms with Crippen molar-refractivity contribution < 1.29 is 4.74 Å². The first-order valence-corrected chi connectivity index (χ1v) is 8.85. The molecule has 1 N–H and O–H groups in total. The zero-order valence-corrected chi connectivity index (χ0v) is 15.3. The van der Waals surface area contributed by atoms with Crippen molar-refractivity contribution in [2.45, 2.75) is 46.1 Å². The molecule has 0 aliphatic carbocycles. The number of guanidine groups is 1. The maximum Gasteiger partial charge on any atom is 0.193 e. The zero-order chi connectivity index (χ0) is 16.4. The Hall–Kier alpha value is -0.810. The summed E-state index contributed by atoms with van der Waals surface area (Å²) in [6, 6.07) is 0.524. The molecule has 0 aromatic rings. The SMILES string of the molecule is CCN(CC)C(C)CNC(=NC)N(C)CCC1CCOCC1. The molecular weight excluding hydrogens is 276 g/mol. The van der Waals surface area contributed by atoms with E-state index >= 15 is 0 Å². The molecule has 1 rings (SSSR count). The molecule has 0 bridgehead atoms. The number of ether oxygens (including phenoxy) is 1. The van der Waals surface area contributed by atoms with Gasteiger partial charge in [0.2, 0.25) is 0 Å². The summed E-state index contributed by atoms with van der Waals surface area (Å²) in [7, 11) is 4.01. The van der Waals surface area contributed by atoms with E-state index in [2.05, 4.69) is 47.9 Å². The summed E-state index contributed by atoms with van der Waals surface area (Å²) in [5.74, 6) is 1.81. The van der Waals surface area contributed by atoms with E-state index < -0.39 is 0 Å². The van der Waals surface area contributed by atoms with Gasteiger partial charge in [-0.25, -0.2) is 0 Å². The first-order chi connectivity index (χ1) is 10.6. The number of nitrogens with one attached hydrogen (secondary N) is 1. The molecule has 5 nitrogen and oxygen atoms in total. The molecule has 1 unspecified atom stereocenters. The summed E-state index contributed by atoms with van der Waals surface area (Å²) >= 11 is 0. The van der Waals surface area contributed by atoms with Crippen molar-refractivity contribution in [1.29, 1.82) is 0 Å². The highest BCUT2D eigenvalue weighted by Gasteiger charge is 2.16. The van der Waals surface area contributed by atoms with E-state index in [0.29, 0.717) is 6.04 Å². The van der Waals surface area contributed by atoms with Crippen LogP contribution < -0.4 is 5.32 Å². The molecule has 0 spiro atoms. The van der Waals surface area contributed by atoms with Gasteiger partial charge in [0.15, 0.2) is 5.96 Å². The Bertz CT molecular complexity index is 312. The summed E-state index contributed by atoms with van der Waals surface area (Å²) in [6.45, 7) is 12.8. The number of aliphatic imine (C=N–C) groups is 1. The Morgan fingerprint density at radius 1 is 1.27 bits per heavy atom. The van der Waals surface area contributed by atoms with Crippen LogP contribution in [0.4, 0.5) is 0 Å². The van der Waals surface area contributed by atoms with Gasteiger partial charge in [-0.15, -0.1) is 0 Å². The second-order valence-corrected chi connectivity index (χ2v) is 6.26. The summed E-state index contributed by atoms with van der Waals surface area (Å²) in [4.78, 5) is 9.14. The quantitative estimate of drug-likeness (QED) is 0.550. The molecule has 1 fully saturated rings. The Kier molecular flexibility index (Phi) is 9.48. The van der Waals surface area contributed by atoms with Crippen LogP contribution in [0.2, 0.25) is 0 Å². The lowest BCUT2D eigenvalue weighted by Gasteiger charge is -2.30. The molecule has 1 aliphatic heterocycles. The fourth-order valence-corrected chi connectivity index (χ4v) is 3.12. The summed E-state index contributed by atoms with van der Waals surface area (Å²) in [5.41, 5.74) is 0. The van der Waals surface area contributed by atoms with Crippen molar-refractivity contribution in [3.8, 4) is 0 Å². The molecule has 1 aliphatic rings. The maximum absolute atomic E-state index is 5.43. The van der Waals surface area contributed by atoms with E-state index in [1.807, 2.05) is 7.05 Å². The number of nitrogens with zero attached hydrogens (tertiary/aromatic N) is 3. The first kappa shape index (κ1) is 19.2. The Morgan fingerprint density at radius 2 is 1.91 bits per heavy atom. The van der Waals surface area contributed by atoms with Crippen molar-refractivity contribution in [2.75, 3.05) is 53.5 Å². The highest BCUT2D eigenvalue weighted by atomic mass is 16.5. The second-order valence-electron chi connectivity index (χ2n) is 6.26. The lowest BCUT2D eigenvalue weighted by molar-refractivity contribution is 0.0625. The normalized spacial score (nSPS) is 18.5. The van der Waals surface area contributed by atoms with Crippen LogP contribution in [0.5, 0.6) is 0 Å². The summed E-state index contributed by atoms with van der Waals surface area (Å²) in [5, 5.41) is 3.52. The highest BCUT2D eigenvalue weighted by molar-refractivity contribution is 5.79. The molecule has 1 atom stereocenters. The van der Waals surface area contributed by atoms with Gasteiger partial charge < -0.3 is 15.0 Å². The lowest BCUT2D eigenvalue weighted by Crippen LogP contribution is -2.46. The van der Waals surface area contributed by atoms with Crippen molar-refractivity contribution in [3.63, 3.8) is 0 Å². The molecule has 0 aromatic heterocycles. The van der Waals surface area contributed by atoms with E-state index in [1.165, 1.54) is 19.3 Å². The summed E-state index contributed by atoms with van der Waals surface area (Å²) < 4.78 is 5.43. The molecule has 22 heavy (non-hydrogen) atoms. The lowest BCUT2D eigenvalue weighted by atomic mass is 9.96. The van der Waals surface area contributed by atoms with Gasteiger partial charge in [-0.1, -0.05) is 13.8 Å². The molecular formula is C17H36N4O. The molecule has 5 heteroatoms. The minimum absolute atomic E-state index is 0.524. The van der Waals surface area contributed by atoms with Crippen LogP contribution in [0.1, 0.15) is 40.0 Å². The third-order valence-electron chi connectivity index (χ3n) is 4.78. The molecule has 0 saturated carbocycles. The van der Waals surface area contributed by atoms with Crippen molar-refractivity contribution in [1.82, 2.24) is 15.1 Å². The predicted octanol–water partition coefficient (Wildman–Crippen LogP) is 2.04. The number of hydrogen-bond acceptors (Lipinski definition) is 3. The highest BCUT2D eigenvalue weighted by Crippen LogP contribution is 2.18. The van der Waals surface area contributed by atoms with Gasteiger partial charge in [-0.05, 0) is 45.2 Å². The van der Waals surface area contributed by atoms with Crippen molar-refractivity contribution in [2.24, 2.45) is 10.9 Å². The largest absolute Gasteiger partial charge is 0.381 e. The fourth-order valence-electron chi connectivity index (χ4n) is 3.12. The van der Waals surface area contributed by atoms with Crippen LogP contribution in [0.15, 0.2) is 4.99 Å². The van der Waals surface area contributed by atoms with Crippen LogP contribution in [-0.2, 0) is 4.74 Å². The van der Waals surface area contributed by atoms with Gasteiger partial charge in [0.05, 0.1) is 0 Å². The van der Waals surface area contributed by atoms with Gasteiger partial charge in [-0.3, -0.25) is 9.89 Å². The average Bonchev–Trinajstić information content (AvgIpc) is 2.55. The van der Waals surface area contributed by atoms with Crippen LogP contribution >= 0.6 is 0 Å². The summed E-state index contributed by atoms with van der Waals surface area (Å²) in [6.07, 6.45) is 3.64. The van der Waals surface area contributed by atoms with Gasteiger partial charge in [0.1, 0.15) is 0 Å². The van der Waals surface area contributed by atoms with Gasteiger partial charge in [-0.2, -0.15) is 0 Å². The van der Waals surface area contributed by atoms with E-state index in [-0.39, 0.29) is 0 Å². The molecule has 1 saturated heterocycles. The predicted molar refractivity (Wildman–Crippen MR) is 94.5 cm³/mol. The average molecular weight is 313 g/mol. The third-order valence-corrected chi connectivity index (χ3v) is 4.78. The fraction of sp³-hybridized carbons (Fsp3) is 0.941. The number of hydrogen-bond donors (Lipinski definition) is 1. The third kappa shape index (κ3) is 6.53. The molecule has 0 amide bonds. The Balaban J connectivity index is 2.32. The van der Waals surface area contributed by atoms with Crippen LogP contribution in [0.25, 0.3) is 0 Å².